The Morgan fingerprint density at radius 3 is 2.31 bits per heavy atom. The van der Waals surface area contributed by atoms with Crippen LogP contribution in [0.1, 0.15) is 19.8 Å². The molecule has 0 fully saturated rings. The smallest absolute Gasteiger partial charge is 0.326 e. The second-order valence-corrected chi connectivity index (χ2v) is 3.55. The molecular weight excluding hydrogens is 214 g/mol. The Bertz CT molecular complexity index is 280. The van der Waals surface area contributed by atoms with Gasteiger partial charge in [0, 0.05) is 5.92 Å². The molecule has 0 aromatic rings. The van der Waals surface area contributed by atoms with Crippen molar-refractivity contribution >= 4 is 17.8 Å². The number of carbonyl (C=O) groups excluding carboxylic acids is 2. The van der Waals surface area contributed by atoms with Crippen LogP contribution in [0.3, 0.4) is 0 Å². The summed E-state index contributed by atoms with van der Waals surface area (Å²) in [7, 11) is 0. The summed E-state index contributed by atoms with van der Waals surface area (Å²) in [5.41, 5.74) is 10.1. The van der Waals surface area contributed by atoms with Crippen molar-refractivity contribution in [2.24, 2.45) is 17.4 Å². The van der Waals surface area contributed by atoms with E-state index in [9.17, 15) is 14.4 Å². The van der Waals surface area contributed by atoms with E-state index in [-0.39, 0.29) is 5.92 Å². The Morgan fingerprint density at radius 1 is 1.38 bits per heavy atom. The van der Waals surface area contributed by atoms with Crippen molar-refractivity contribution in [2.45, 2.75) is 25.8 Å². The van der Waals surface area contributed by atoms with Crippen LogP contribution in [-0.4, -0.2) is 35.5 Å². The summed E-state index contributed by atoms with van der Waals surface area (Å²) < 4.78 is 0. The van der Waals surface area contributed by atoms with Gasteiger partial charge in [0.15, 0.2) is 0 Å². The van der Waals surface area contributed by atoms with E-state index in [1.807, 2.05) is 0 Å². The number of amides is 2. The summed E-state index contributed by atoms with van der Waals surface area (Å²) in [6, 6.07) is -1.27. The summed E-state index contributed by atoms with van der Waals surface area (Å²) in [5, 5.41) is 11.0. The van der Waals surface area contributed by atoms with Gasteiger partial charge >= 0.3 is 5.97 Å². The van der Waals surface area contributed by atoms with Crippen LogP contribution < -0.4 is 16.8 Å². The molecular formula is C9H17N3O4. The molecule has 0 bridgehead atoms. The molecule has 7 nitrogen and oxygen atoms in total. The zero-order valence-electron chi connectivity index (χ0n) is 9.10. The largest absolute Gasteiger partial charge is 0.480 e. The first kappa shape index (κ1) is 14.4. The van der Waals surface area contributed by atoms with Gasteiger partial charge in [0.1, 0.15) is 6.04 Å². The number of hydrogen-bond acceptors (Lipinski definition) is 4. The summed E-state index contributed by atoms with van der Waals surface area (Å²) in [4.78, 5) is 32.7. The molecule has 0 aliphatic rings. The van der Waals surface area contributed by atoms with E-state index in [0.717, 1.165) is 0 Å². The quantitative estimate of drug-likeness (QED) is 0.419. The van der Waals surface area contributed by atoms with Gasteiger partial charge in [-0.2, -0.15) is 0 Å². The third kappa shape index (κ3) is 5.30. The molecule has 16 heavy (non-hydrogen) atoms. The fourth-order valence-corrected chi connectivity index (χ4v) is 1.10. The molecule has 6 N–H and O–H groups in total. The normalized spacial score (nSPS) is 13.9. The average Bonchev–Trinajstić information content (AvgIpc) is 2.16. The fraction of sp³-hybridized carbons (Fsp3) is 0.667. The van der Waals surface area contributed by atoms with Crippen molar-refractivity contribution in [3.05, 3.63) is 0 Å². The molecule has 0 aliphatic heterocycles. The lowest BCUT2D eigenvalue weighted by Gasteiger charge is -2.16. The maximum Gasteiger partial charge on any atom is 0.326 e. The second kappa shape index (κ2) is 6.78. The van der Waals surface area contributed by atoms with Crippen LogP contribution in [0.2, 0.25) is 0 Å². The van der Waals surface area contributed by atoms with Crippen molar-refractivity contribution in [1.82, 2.24) is 5.32 Å². The maximum atomic E-state index is 11.4. The lowest BCUT2D eigenvalue weighted by atomic mass is 10.1. The number of rotatable bonds is 7. The van der Waals surface area contributed by atoms with Crippen LogP contribution in [0, 0.1) is 5.92 Å². The van der Waals surface area contributed by atoms with Crippen molar-refractivity contribution in [2.75, 3.05) is 6.54 Å². The zero-order chi connectivity index (χ0) is 12.7. The number of nitrogens with one attached hydrogen (secondary N) is 1. The molecule has 0 radical (unpaired) electrons. The average molecular weight is 231 g/mol. The molecule has 2 atom stereocenters. The number of carboxylic acids is 1. The molecule has 0 spiro atoms. The van der Waals surface area contributed by atoms with E-state index in [2.05, 4.69) is 5.32 Å². The number of primary amides is 1. The van der Waals surface area contributed by atoms with Crippen LogP contribution in [0.25, 0.3) is 0 Å². The second-order valence-electron chi connectivity index (χ2n) is 3.55. The molecule has 0 saturated carbocycles. The standard InChI is InChI=1S/C9H17N3O4/c1-5(2-3-10)8(14)12-6(9(15)16)4-7(11)13/h5-6H,2-4,10H2,1H3,(H2,11,13)(H,12,14)(H,15,16)/t5?,6-/m0/s1. The minimum absolute atomic E-state index is 0.335. The molecule has 0 heterocycles. The Morgan fingerprint density at radius 2 is 1.94 bits per heavy atom. The minimum atomic E-state index is -1.29. The van der Waals surface area contributed by atoms with Crippen molar-refractivity contribution in [3.63, 3.8) is 0 Å². The van der Waals surface area contributed by atoms with Gasteiger partial charge in [0.2, 0.25) is 11.8 Å². The first-order valence-electron chi connectivity index (χ1n) is 4.90. The van der Waals surface area contributed by atoms with E-state index >= 15 is 0 Å². The van der Waals surface area contributed by atoms with Crippen molar-refractivity contribution in [3.8, 4) is 0 Å². The Kier molecular flexibility index (Phi) is 6.09. The molecule has 0 aromatic heterocycles. The van der Waals surface area contributed by atoms with E-state index < -0.39 is 30.2 Å². The highest BCUT2D eigenvalue weighted by Gasteiger charge is 2.24. The molecule has 0 aromatic carbocycles. The molecule has 0 aliphatic carbocycles. The number of hydrogen-bond donors (Lipinski definition) is 4. The molecule has 7 heteroatoms. The summed E-state index contributed by atoms with van der Waals surface area (Å²) in [6.45, 7) is 1.97. The number of carbonyl (C=O) groups is 3. The van der Waals surface area contributed by atoms with Crippen LogP contribution in [0.15, 0.2) is 0 Å². The predicted octanol–water partition coefficient (Wildman–Crippen LogP) is -1.58. The van der Waals surface area contributed by atoms with Crippen LogP contribution >= 0.6 is 0 Å². The highest BCUT2D eigenvalue weighted by Crippen LogP contribution is 2.02. The number of aliphatic carboxylic acids is 1. The lowest BCUT2D eigenvalue weighted by Crippen LogP contribution is -2.45. The third-order valence-corrected chi connectivity index (χ3v) is 2.07. The monoisotopic (exact) mass is 231 g/mol. The van der Waals surface area contributed by atoms with Gasteiger partial charge in [-0.05, 0) is 13.0 Å². The number of nitrogens with two attached hydrogens (primary N) is 2. The van der Waals surface area contributed by atoms with Gasteiger partial charge in [-0.1, -0.05) is 6.92 Å². The summed E-state index contributed by atoms with van der Waals surface area (Å²) >= 11 is 0. The predicted molar refractivity (Wildman–Crippen MR) is 56.2 cm³/mol. The summed E-state index contributed by atoms with van der Waals surface area (Å²) in [5.74, 6) is -2.90. The maximum absolute atomic E-state index is 11.4. The Hall–Kier alpha value is -1.63. The van der Waals surface area contributed by atoms with E-state index in [4.69, 9.17) is 16.6 Å². The molecule has 0 saturated heterocycles. The zero-order valence-corrected chi connectivity index (χ0v) is 9.10. The highest BCUT2D eigenvalue weighted by molar-refractivity contribution is 5.88. The van der Waals surface area contributed by atoms with Gasteiger partial charge in [-0.3, -0.25) is 9.59 Å². The summed E-state index contributed by atoms with van der Waals surface area (Å²) in [6.07, 6.45) is 0.0329. The van der Waals surface area contributed by atoms with Gasteiger partial charge in [0.25, 0.3) is 0 Å². The Balaban J connectivity index is 4.34. The molecule has 92 valence electrons. The van der Waals surface area contributed by atoms with E-state index in [0.29, 0.717) is 13.0 Å². The minimum Gasteiger partial charge on any atom is -0.480 e. The number of carboxylic acid groups (broad SMARTS) is 1. The van der Waals surface area contributed by atoms with Crippen LogP contribution in [0.4, 0.5) is 0 Å². The topological polar surface area (TPSA) is 136 Å². The van der Waals surface area contributed by atoms with Crippen molar-refractivity contribution < 1.29 is 19.5 Å². The van der Waals surface area contributed by atoms with Crippen LogP contribution in [-0.2, 0) is 14.4 Å². The molecule has 1 unspecified atom stereocenters. The fourth-order valence-electron chi connectivity index (χ4n) is 1.10. The molecule has 2 amide bonds. The van der Waals surface area contributed by atoms with Crippen molar-refractivity contribution in [1.29, 1.82) is 0 Å². The van der Waals surface area contributed by atoms with Gasteiger partial charge in [-0.15, -0.1) is 0 Å². The van der Waals surface area contributed by atoms with Crippen LogP contribution in [0.5, 0.6) is 0 Å². The van der Waals surface area contributed by atoms with Gasteiger partial charge in [-0.25, -0.2) is 4.79 Å². The third-order valence-electron chi connectivity index (χ3n) is 2.07. The molecule has 0 rings (SSSR count). The van der Waals surface area contributed by atoms with Gasteiger partial charge in [0.05, 0.1) is 6.42 Å². The van der Waals surface area contributed by atoms with E-state index in [1.165, 1.54) is 0 Å². The van der Waals surface area contributed by atoms with Gasteiger partial charge < -0.3 is 21.9 Å². The SMILES string of the molecule is CC(CCN)C(=O)N[C@@H](CC(N)=O)C(=O)O. The first-order valence-corrected chi connectivity index (χ1v) is 4.90. The Labute approximate surface area is 93.2 Å². The van der Waals surface area contributed by atoms with E-state index in [1.54, 1.807) is 6.92 Å². The highest BCUT2D eigenvalue weighted by atomic mass is 16.4. The lowest BCUT2D eigenvalue weighted by molar-refractivity contribution is -0.143. The first-order chi connectivity index (χ1) is 7.38.